The molecule has 2 fully saturated rings. The van der Waals surface area contributed by atoms with Gasteiger partial charge in [-0.3, -0.25) is 14.5 Å². The molecule has 0 bridgehead atoms. The molecule has 3 amide bonds. The third-order valence-electron chi connectivity index (χ3n) is 9.10. The predicted molar refractivity (Wildman–Crippen MR) is 179 cm³/mol. The number of benzene rings is 3. The Labute approximate surface area is 284 Å². The van der Waals surface area contributed by atoms with Crippen molar-refractivity contribution >= 4 is 50.1 Å². The van der Waals surface area contributed by atoms with Crippen LogP contribution in [0, 0.1) is 0 Å². The average Bonchev–Trinajstić information content (AvgIpc) is 3.59. The molecular weight excluding hydrogens is 658 g/mol. The van der Waals surface area contributed by atoms with Gasteiger partial charge in [-0.15, -0.1) is 0 Å². The molecule has 48 heavy (non-hydrogen) atoms. The SMILES string of the molecule is CN1C=C2C(=O)N(C3CCN(C(=O)[C@@H](CS(=O)(=O)c4ccc5cc(Cl)ccc5c4)N(CCOCc4ccccc4)C(=O)O)CC3)CN2C1. The Morgan fingerprint density at radius 3 is 2.44 bits per heavy atom. The lowest BCUT2D eigenvalue weighted by molar-refractivity contribution is -0.138. The van der Waals surface area contributed by atoms with E-state index in [9.17, 15) is 27.9 Å². The first-order valence-corrected chi connectivity index (χ1v) is 17.8. The van der Waals surface area contributed by atoms with Crippen LogP contribution in [0.2, 0.25) is 5.02 Å². The van der Waals surface area contributed by atoms with Crippen molar-refractivity contribution in [1.29, 1.82) is 0 Å². The van der Waals surface area contributed by atoms with Crippen molar-refractivity contribution in [2.45, 2.75) is 36.4 Å². The van der Waals surface area contributed by atoms with Gasteiger partial charge in [0, 0.05) is 43.9 Å². The third-order valence-corrected chi connectivity index (χ3v) is 11.1. The second-order valence-electron chi connectivity index (χ2n) is 12.4. The highest BCUT2D eigenvalue weighted by Gasteiger charge is 2.43. The van der Waals surface area contributed by atoms with Crippen molar-refractivity contribution in [3.63, 3.8) is 0 Å². The van der Waals surface area contributed by atoms with Crippen LogP contribution >= 0.6 is 11.6 Å². The quantitative estimate of drug-likeness (QED) is 0.299. The van der Waals surface area contributed by atoms with E-state index in [2.05, 4.69) is 0 Å². The molecule has 0 aliphatic carbocycles. The van der Waals surface area contributed by atoms with Crippen molar-refractivity contribution in [1.82, 2.24) is 24.5 Å². The summed E-state index contributed by atoms with van der Waals surface area (Å²) in [6, 6.07) is 17.5. The van der Waals surface area contributed by atoms with Crippen molar-refractivity contribution in [2.75, 3.05) is 52.4 Å². The maximum absolute atomic E-state index is 14.1. The normalized spacial score (nSPS) is 17.5. The first-order valence-electron chi connectivity index (χ1n) is 15.8. The number of fused-ring (bicyclic) bond motifs is 2. The van der Waals surface area contributed by atoms with Gasteiger partial charge >= 0.3 is 6.09 Å². The molecule has 6 rings (SSSR count). The number of carbonyl (C=O) groups excluding carboxylic acids is 2. The van der Waals surface area contributed by atoms with Gasteiger partial charge in [-0.1, -0.05) is 54.1 Å². The van der Waals surface area contributed by atoms with Crippen molar-refractivity contribution < 1.29 is 32.6 Å². The number of ether oxygens (including phenoxy) is 1. The van der Waals surface area contributed by atoms with Crippen LogP contribution in [0.4, 0.5) is 4.79 Å². The number of carbonyl (C=O) groups is 3. The lowest BCUT2D eigenvalue weighted by atomic mass is 10.0. The highest BCUT2D eigenvalue weighted by molar-refractivity contribution is 7.91. The van der Waals surface area contributed by atoms with Crippen LogP contribution in [0.5, 0.6) is 0 Å². The van der Waals surface area contributed by atoms with Gasteiger partial charge in [-0.2, -0.15) is 0 Å². The van der Waals surface area contributed by atoms with Gasteiger partial charge in [0.2, 0.25) is 5.91 Å². The van der Waals surface area contributed by atoms with Gasteiger partial charge < -0.3 is 29.4 Å². The molecule has 3 aromatic carbocycles. The zero-order valence-corrected chi connectivity index (χ0v) is 28.1. The summed E-state index contributed by atoms with van der Waals surface area (Å²) in [5, 5.41) is 12.2. The van der Waals surface area contributed by atoms with E-state index in [0.717, 1.165) is 15.8 Å². The van der Waals surface area contributed by atoms with Crippen LogP contribution in [0.15, 0.2) is 83.5 Å². The molecule has 0 unspecified atom stereocenters. The van der Waals surface area contributed by atoms with E-state index in [-0.39, 0.29) is 49.7 Å². The Bertz CT molecular complexity index is 1830. The lowest BCUT2D eigenvalue weighted by Gasteiger charge is -2.39. The summed E-state index contributed by atoms with van der Waals surface area (Å²) in [7, 11) is -2.22. The molecule has 14 heteroatoms. The zero-order chi connectivity index (χ0) is 34.0. The summed E-state index contributed by atoms with van der Waals surface area (Å²) in [4.78, 5) is 48.0. The van der Waals surface area contributed by atoms with Gasteiger partial charge in [-0.05, 0) is 53.4 Å². The molecule has 0 spiro atoms. The van der Waals surface area contributed by atoms with E-state index in [0.29, 0.717) is 42.3 Å². The minimum Gasteiger partial charge on any atom is -0.465 e. The fraction of sp³-hybridized carbons (Fsp3) is 0.382. The number of rotatable bonds is 11. The van der Waals surface area contributed by atoms with E-state index in [4.69, 9.17) is 16.3 Å². The maximum atomic E-state index is 14.1. The monoisotopic (exact) mass is 695 g/mol. The minimum atomic E-state index is -4.14. The topological polar surface area (TPSA) is 131 Å². The van der Waals surface area contributed by atoms with Gasteiger partial charge in [0.1, 0.15) is 11.7 Å². The van der Waals surface area contributed by atoms with E-state index >= 15 is 0 Å². The number of amides is 3. The van der Waals surface area contributed by atoms with Gasteiger partial charge in [0.15, 0.2) is 9.84 Å². The van der Waals surface area contributed by atoms with E-state index in [1.807, 2.05) is 58.3 Å². The number of carboxylic acid groups (broad SMARTS) is 1. The summed E-state index contributed by atoms with van der Waals surface area (Å²) in [6.45, 7) is 1.62. The van der Waals surface area contributed by atoms with Crippen molar-refractivity contribution in [2.24, 2.45) is 0 Å². The molecule has 12 nitrogen and oxygen atoms in total. The highest BCUT2D eigenvalue weighted by Crippen LogP contribution is 2.30. The van der Waals surface area contributed by atoms with E-state index in [1.165, 1.54) is 17.0 Å². The highest BCUT2D eigenvalue weighted by atomic mass is 35.5. The summed E-state index contributed by atoms with van der Waals surface area (Å²) in [6.07, 6.45) is 1.40. The predicted octanol–water partition coefficient (Wildman–Crippen LogP) is 3.67. The molecule has 0 aromatic heterocycles. The van der Waals surface area contributed by atoms with E-state index < -0.39 is 33.6 Å². The van der Waals surface area contributed by atoms with Crippen LogP contribution in [0.3, 0.4) is 0 Å². The van der Waals surface area contributed by atoms with Crippen LogP contribution in [0.25, 0.3) is 10.8 Å². The maximum Gasteiger partial charge on any atom is 0.408 e. The molecule has 3 aliphatic heterocycles. The summed E-state index contributed by atoms with van der Waals surface area (Å²) >= 11 is 6.10. The third kappa shape index (κ3) is 7.23. The molecule has 1 atom stereocenters. The van der Waals surface area contributed by atoms with Gasteiger partial charge in [0.05, 0.1) is 37.2 Å². The number of halogens is 1. The fourth-order valence-electron chi connectivity index (χ4n) is 6.57. The summed E-state index contributed by atoms with van der Waals surface area (Å²) in [5.41, 5.74) is 1.56. The largest absolute Gasteiger partial charge is 0.465 e. The number of likely N-dealkylation sites (tertiary alicyclic amines) is 1. The van der Waals surface area contributed by atoms with Crippen LogP contribution in [0.1, 0.15) is 18.4 Å². The Balaban J connectivity index is 1.19. The Morgan fingerprint density at radius 1 is 1.02 bits per heavy atom. The Morgan fingerprint density at radius 2 is 1.73 bits per heavy atom. The van der Waals surface area contributed by atoms with Gasteiger partial charge in [0.25, 0.3) is 5.91 Å². The first-order chi connectivity index (χ1) is 23.0. The van der Waals surface area contributed by atoms with E-state index in [1.54, 1.807) is 24.3 Å². The number of hydrogen-bond acceptors (Lipinski definition) is 8. The number of hydrogen-bond donors (Lipinski definition) is 1. The van der Waals surface area contributed by atoms with Gasteiger partial charge in [-0.25, -0.2) is 13.2 Å². The molecular formula is C34H38ClN5O7S. The molecule has 0 saturated carbocycles. The van der Waals surface area contributed by atoms with Crippen molar-refractivity contribution in [3.8, 4) is 0 Å². The fourth-order valence-corrected chi connectivity index (χ4v) is 8.27. The molecule has 0 radical (unpaired) electrons. The Hall–Kier alpha value is -4.33. The number of sulfone groups is 1. The van der Waals surface area contributed by atoms with Crippen LogP contribution in [-0.4, -0.2) is 120 Å². The molecule has 254 valence electrons. The molecule has 3 aliphatic rings. The average molecular weight is 696 g/mol. The number of nitrogens with zero attached hydrogens (tertiary/aromatic N) is 5. The standard InChI is InChI=1S/C34H38ClN5O7S/c1-36-19-30-33(42)40(23-38(30)22-36)28-11-13-37(14-12-28)32(41)31(39(34(43)44)15-16-47-20-24-5-3-2-4-6-24)21-48(45,46)29-10-8-25-17-27(35)9-7-26(25)18-29/h2-10,17-19,28,31H,11-16,20-23H2,1H3,(H,43,44)/t31-/m1/s1. The summed E-state index contributed by atoms with van der Waals surface area (Å²) in [5.74, 6) is -1.37. The van der Waals surface area contributed by atoms with Crippen LogP contribution < -0.4 is 0 Å². The first kappa shape index (κ1) is 33.6. The molecule has 1 N–H and O–H groups in total. The van der Waals surface area contributed by atoms with Crippen molar-refractivity contribution in [3.05, 3.63) is 89.2 Å². The molecule has 3 heterocycles. The molecule has 3 aromatic rings. The lowest BCUT2D eigenvalue weighted by Crippen LogP contribution is -2.57. The zero-order valence-electron chi connectivity index (χ0n) is 26.6. The second kappa shape index (κ2) is 14.0. The number of piperidine rings is 1. The van der Waals surface area contributed by atoms with Crippen LogP contribution in [-0.2, 0) is 30.8 Å². The smallest absolute Gasteiger partial charge is 0.408 e. The second-order valence-corrected chi connectivity index (χ2v) is 14.9. The Kier molecular flexibility index (Phi) is 9.81. The minimum absolute atomic E-state index is 0.0208. The molecule has 2 saturated heterocycles. The summed E-state index contributed by atoms with van der Waals surface area (Å²) < 4.78 is 33.4.